The molecule has 1 fully saturated rings. The van der Waals surface area contributed by atoms with Gasteiger partial charge in [0.25, 0.3) is 0 Å². The van der Waals surface area contributed by atoms with Crippen molar-refractivity contribution in [3.63, 3.8) is 0 Å². The zero-order valence-corrected chi connectivity index (χ0v) is 17.4. The summed E-state index contributed by atoms with van der Waals surface area (Å²) in [6, 6.07) is 4.28. The molecule has 1 aromatic rings. The van der Waals surface area contributed by atoms with Gasteiger partial charge in [-0.2, -0.15) is 0 Å². The Morgan fingerprint density at radius 2 is 1.89 bits per heavy atom. The van der Waals surface area contributed by atoms with Crippen LogP contribution >= 0.6 is 0 Å². The first kappa shape index (κ1) is 21.9. The average Bonchev–Trinajstić information content (AvgIpc) is 2.59. The fraction of sp³-hybridized carbons (Fsp3) is 0.650. The van der Waals surface area contributed by atoms with Crippen LogP contribution in [0.1, 0.15) is 56.0 Å². The van der Waals surface area contributed by atoms with Crippen molar-refractivity contribution in [3.05, 3.63) is 29.3 Å². The highest BCUT2D eigenvalue weighted by molar-refractivity contribution is 7.89. The summed E-state index contributed by atoms with van der Waals surface area (Å²) in [5, 5.41) is 9.13. The summed E-state index contributed by atoms with van der Waals surface area (Å²) in [6.07, 6.45) is 3.52. The number of carbonyl (C=O) groups is 1. The Balaban J connectivity index is 1.88. The lowest BCUT2D eigenvalue weighted by Crippen LogP contribution is -2.39. The first-order valence-electron chi connectivity index (χ1n) is 9.81. The lowest BCUT2D eigenvalue weighted by atomic mass is 9.92. The number of likely N-dealkylation sites (tertiary alicyclic amines) is 1. The van der Waals surface area contributed by atoms with E-state index in [4.69, 9.17) is 5.11 Å². The number of hydrogen-bond acceptors (Lipinski definition) is 4. The van der Waals surface area contributed by atoms with Crippen LogP contribution < -0.4 is 4.72 Å². The number of aromatic carboxylic acids is 1. The number of hydrogen-bond donors (Lipinski definition) is 2. The van der Waals surface area contributed by atoms with Crippen LogP contribution in [-0.2, 0) is 16.4 Å². The zero-order chi connectivity index (χ0) is 20.0. The minimum Gasteiger partial charge on any atom is -0.478 e. The molecule has 1 heterocycles. The third kappa shape index (κ3) is 6.30. The second-order valence-electron chi connectivity index (χ2n) is 7.79. The standard InChI is InChI=1S/C20H32N2O4S/c1-4-17-7-8-18(20(23)24)12-19(17)27(25,26)21-9-5-6-10-22-13-15(2)11-16(3)14-22/h7-8,12,15-16,21H,4-6,9-11,13-14H2,1-3H3,(H,23,24). The number of carboxylic acids is 1. The van der Waals surface area contributed by atoms with Gasteiger partial charge in [0.05, 0.1) is 10.5 Å². The molecule has 0 aromatic heterocycles. The third-order valence-electron chi connectivity index (χ3n) is 5.12. The molecule has 0 radical (unpaired) electrons. The van der Waals surface area contributed by atoms with E-state index in [-0.39, 0.29) is 10.5 Å². The van der Waals surface area contributed by atoms with Gasteiger partial charge in [0.1, 0.15) is 0 Å². The quantitative estimate of drug-likeness (QED) is 0.627. The molecule has 0 amide bonds. The summed E-state index contributed by atoms with van der Waals surface area (Å²) in [4.78, 5) is 13.7. The smallest absolute Gasteiger partial charge is 0.335 e. The van der Waals surface area contributed by atoms with E-state index in [1.807, 2.05) is 6.92 Å². The Morgan fingerprint density at radius 3 is 2.48 bits per heavy atom. The Labute approximate surface area is 163 Å². The van der Waals surface area contributed by atoms with E-state index in [2.05, 4.69) is 23.5 Å². The molecule has 7 heteroatoms. The second-order valence-corrected chi connectivity index (χ2v) is 9.53. The molecule has 0 aliphatic carbocycles. The summed E-state index contributed by atoms with van der Waals surface area (Å²) in [5.41, 5.74) is 0.615. The zero-order valence-electron chi connectivity index (χ0n) is 16.6. The normalized spacial score (nSPS) is 21.3. The van der Waals surface area contributed by atoms with Gasteiger partial charge in [0, 0.05) is 19.6 Å². The van der Waals surface area contributed by atoms with Crippen LogP contribution in [0.15, 0.2) is 23.1 Å². The molecule has 2 atom stereocenters. The summed E-state index contributed by atoms with van der Waals surface area (Å²) in [7, 11) is -3.71. The fourth-order valence-electron chi connectivity index (χ4n) is 3.95. The van der Waals surface area contributed by atoms with Crippen molar-refractivity contribution in [1.82, 2.24) is 9.62 Å². The van der Waals surface area contributed by atoms with E-state index >= 15 is 0 Å². The van der Waals surface area contributed by atoms with Crippen molar-refractivity contribution in [2.45, 2.75) is 51.3 Å². The monoisotopic (exact) mass is 396 g/mol. The van der Waals surface area contributed by atoms with Crippen LogP contribution in [0.25, 0.3) is 0 Å². The molecule has 2 rings (SSSR count). The van der Waals surface area contributed by atoms with E-state index in [0.29, 0.717) is 18.5 Å². The van der Waals surface area contributed by atoms with E-state index in [1.165, 1.54) is 18.6 Å². The van der Waals surface area contributed by atoms with Crippen LogP contribution in [0.5, 0.6) is 0 Å². The highest BCUT2D eigenvalue weighted by Crippen LogP contribution is 2.21. The Kier molecular flexibility index (Phi) is 7.82. The molecule has 2 unspecified atom stereocenters. The van der Waals surface area contributed by atoms with E-state index < -0.39 is 16.0 Å². The number of aryl methyl sites for hydroxylation is 1. The summed E-state index contributed by atoms with van der Waals surface area (Å²) in [6.45, 7) is 10.0. The van der Waals surface area contributed by atoms with Crippen LogP contribution in [0, 0.1) is 11.8 Å². The van der Waals surface area contributed by atoms with Gasteiger partial charge in [-0.1, -0.05) is 26.8 Å². The molecule has 1 saturated heterocycles. The summed E-state index contributed by atoms with van der Waals surface area (Å²) < 4.78 is 27.9. The largest absolute Gasteiger partial charge is 0.478 e. The molecular formula is C20H32N2O4S. The Bertz CT molecular complexity index is 738. The van der Waals surface area contributed by atoms with Gasteiger partial charge in [-0.05, 0) is 61.8 Å². The van der Waals surface area contributed by atoms with E-state index in [1.54, 1.807) is 6.07 Å². The fourth-order valence-corrected chi connectivity index (χ4v) is 5.36. The minimum atomic E-state index is -3.71. The van der Waals surface area contributed by atoms with Gasteiger partial charge in [-0.3, -0.25) is 0 Å². The first-order valence-corrected chi connectivity index (χ1v) is 11.3. The molecule has 6 nitrogen and oxygen atoms in total. The summed E-state index contributed by atoms with van der Waals surface area (Å²) in [5.74, 6) is 0.321. The first-order chi connectivity index (χ1) is 12.7. The van der Waals surface area contributed by atoms with E-state index in [0.717, 1.165) is 44.3 Å². The number of benzene rings is 1. The number of carboxylic acid groups (broad SMARTS) is 1. The molecule has 2 N–H and O–H groups in total. The lowest BCUT2D eigenvalue weighted by Gasteiger charge is -2.34. The maximum absolute atomic E-state index is 12.6. The molecule has 0 spiro atoms. The van der Waals surface area contributed by atoms with Crippen molar-refractivity contribution < 1.29 is 18.3 Å². The maximum atomic E-state index is 12.6. The topological polar surface area (TPSA) is 86.7 Å². The SMILES string of the molecule is CCc1ccc(C(=O)O)cc1S(=O)(=O)NCCCCN1CC(C)CC(C)C1. The highest BCUT2D eigenvalue weighted by Gasteiger charge is 2.22. The van der Waals surface area contributed by atoms with Gasteiger partial charge in [-0.15, -0.1) is 0 Å². The van der Waals surface area contributed by atoms with Gasteiger partial charge in [0.2, 0.25) is 10.0 Å². The van der Waals surface area contributed by atoms with Crippen LogP contribution in [-0.4, -0.2) is 50.6 Å². The Morgan fingerprint density at radius 1 is 1.22 bits per heavy atom. The predicted octanol–water partition coefficient (Wildman–Crippen LogP) is 2.98. The number of rotatable bonds is 9. The molecule has 27 heavy (non-hydrogen) atoms. The number of nitrogens with one attached hydrogen (secondary N) is 1. The van der Waals surface area contributed by atoms with Crippen molar-refractivity contribution in [2.75, 3.05) is 26.2 Å². The number of sulfonamides is 1. The molecular weight excluding hydrogens is 364 g/mol. The van der Waals surface area contributed by atoms with Crippen molar-refractivity contribution in [1.29, 1.82) is 0 Å². The highest BCUT2D eigenvalue weighted by atomic mass is 32.2. The lowest BCUT2D eigenvalue weighted by molar-refractivity contribution is 0.0696. The minimum absolute atomic E-state index is 0.0130. The number of nitrogens with zero attached hydrogens (tertiary/aromatic N) is 1. The van der Waals surface area contributed by atoms with Crippen molar-refractivity contribution in [3.8, 4) is 0 Å². The number of piperidine rings is 1. The third-order valence-corrected chi connectivity index (χ3v) is 6.67. The van der Waals surface area contributed by atoms with Gasteiger partial charge >= 0.3 is 5.97 Å². The molecule has 152 valence electrons. The van der Waals surface area contributed by atoms with Gasteiger partial charge in [-0.25, -0.2) is 17.9 Å². The van der Waals surface area contributed by atoms with Crippen molar-refractivity contribution >= 4 is 16.0 Å². The Hall–Kier alpha value is -1.44. The van der Waals surface area contributed by atoms with Crippen molar-refractivity contribution in [2.24, 2.45) is 11.8 Å². The predicted molar refractivity (Wildman–Crippen MR) is 107 cm³/mol. The molecule has 0 saturated carbocycles. The van der Waals surface area contributed by atoms with Crippen LogP contribution in [0.2, 0.25) is 0 Å². The number of unbranched alkanes of at least 4 members (excludes halogenated alkanes) is 1. The molecule has 0 bridgehead atoms. The molecule has 1 aliphatic rings. The summed E-state index contributed by atoms with van der Waals surface area (Å²) >= 11 is 0. The van der Waals surface area contributed by atoms with E-state index in [9.17, 15) is 13.2 Å². The molecule has 1 aromatic carbocycles. The second kappa shape index (κ2) is 9.66. The average molecular weight is 397 g/mol. The van der Waals surface area contributed by atoms with Gasteiger partial charge in [0.15, 0.2) is 0 Å². The molecule has 1 aliphatic heterocycles. The van der Waals surface area contributed by atoms with Crippen LogP contribution in [0.4, 0.5) is 0 Å². The maximum Gasteiger partial charge on any atom is 0.335 e. The van der Waals surface area contributed by atoms with Crippen LogP contribution in [0.3, 0.4) is 0 Å². The van der Waals surface area contributed by atoms with Gasteiger partial charge < -0.3 is 10.0 Å².